The van der Waals surface area contributed by atoms with E-state index in [1.54, 1.807) is 24.3 Å². The fourth-order valence-corrected chi connectivity index (χ4v) is 6.03. The fraction of sp³-hybridized carbons (Fsp3) is 0.281. The zero-order valence-corrected chi connectivity index (χ0v) is 24.4. The Bertz CT molecular complexity index is 1650. The lowest BCUT2D eigenvalue weighted by atomic mass is 10.0. The van der Waals surface area contributed by atoms with Crippen molar-refractivity contribution in [2.75, 3.05) is 13.1 Å². The van der Waals surface area contributed by atoms with Crippen molar-refractivity contribution in [3.05, 3.63) is 97.5 Å². The first-order chi connectivity index (χ1) is 19.3. The molecule has 0 unspecified atom stereocenters. The molecule has 0 atom stereocenters. The second kappa shape index (κ2) is 11.9. The summed E-state index contributed by atoms with van der Waals surface area (Å²) in [6.45, 7) is 7.14. The first kappa shape index (κ1) is 28.0. The van der Waals surface area contributed by atoms with Gasteiger partial charge in [-0.15, -0.1) is 11.3 Å². The molecule has 5 nitrogen and oxygen atoms in total. The third-order valence-electron chi connectivity index (χ3n) is 7.08. The van der Waals surface area contributed by atoms with E-state index < -0.39 is 5.82 Å². The summed E-state index contributed by atoms with van der Waals surface area (Å²) in [6, 6.07) is 13.5. The quantitative estimate of drug-likeness (QED) is 0.234. The van der Waals surface area contributed by atoms with Crippen LogP contribution in [0.5, 0.6) is 0 Å². The van der Waals surface area contributed by atoms with E-state index in [1.165, 1.54) is 28.0 Å². The van der Waals surface area contributed by atoms with Gasteiger partial charge in [-0.3, -0.25) is 14.2 Å². The fourth-order valence-electron chi connectivity index (χ4n) is 5.07. The second-order valence-corrected chi connectivity index (χ2v) is 11.5. The zero-order valence-electron chi connectivity index (χ0n) is 22.8. The number of carbonyl (C=O) groups is 1. The highest BCUT2D eigenvalue weighted by Crippen LogP contribution is 2.31. The normalized spacial score (nSPS) is 13.4. The van der Waals surface area contributed by atoms with Crippen LogP contribution in [0.3, 0.4) is 0 Å². The Morgan fingerprint density at radius 2 is 1.80 bits per heavy atom. The molecule has 0 radical (unpaired) electrons. The maximum absolute atomic E-state index is 14.7. The summed E-state index contributed by atoms with van der Waals surface area (Å²) >= 11 is 7.40. The van der Waals surface area contributed by atoms with Crippen molar-refractivity contribution in [2.24, 2.45) is 0 Å². The smallest absolute Gasteiger partial charge is 0.265 e. The summed E-state index contributed by atoms with van der Waals surface area (Å²) in [4.78, 5) is 35.0. The summed E-state index contributed by atoms with van der Waals surface area (Å²) in [5, 5.41) is 3.01. The number of carbonyl (C=O) groups excluding carboxylic acids is 1. The molecule has 2 aromatic heterocycles. The van der Waals surface area contributed by atoms with E-state index in [0.29, 0.717) is 57.7 Å². The van der Waals surface area contributed by atoms with Crippen molar-refractivity contribution in [3.8, 4) is 27.5 Å². The van der Waals surface area contributed by atoms with Crippen molar-refractivity contribution >= 4 is 34.9 Å². The van der Waals surface area contributed by atoms with Crippen LogP contribution in [-0.2, 0) is 6.42 Å². The molecule has 2 aromatic carbocycles. The Morgan fingerprint density at radius 3 is 2.48 bits per heavy atom. The second-order valence-electron chi connectivity index (χ2n) is 10.2. The molecule has 4 aromatic rings. The summed E-state index contributed by atoms with van der Waals surface area (Å²) in [5.41, 5.74) is 4.57. The number of allylic oxidation sites excluding steroid dienone is 1. The number of aromatic nitrogens is 2. The lowest BCUT2D eigenvalue weighted by molar-refractivity contribution is 0.0723. The lowest BCUT2D eigenvalue weighted by Gasteiger charge is -2.28. The molecule has 1 amide bonds. The molecule has 40 heavy (non-hydrogen) atoms. The van der Waals surface area contributed by atoms with Crippen LogP contribution in [0, 0.1) is 5.82 Å². The number of hydrogen-bond donors (Lipinski definition) is 0. The largest absolute Gasteiger partial charge is 0.339 e. The molecule has 0 saturated carbocycles. The van der Waals surface area contributed by atoms with Gasteiger partial charge in [0.2, 0.25) is 0 Å². The van der Waals surface area contributed by atoms with Crippen LogP contribution in [0.2, 0.25) is 5.02 Å². The number of nitrogens with zero attached hydrogens (tertiary/aromatic N) is 3. The predicted molar refractivity (Wildman–Crippen MR) is 162 cm³/mol. The van der Waals surface area contributed by atoms with Crippen LogP contribution in [0.15, 0.2) is 64.3 Å². The number of thiazole rings is 1. The Hall–Kier alpha value is -3.55. The highest BCUT2D eigenvalue weighted by Gasteiger charge is 2.27. The van der Waals surface area contributed by atoms with E-state index >= 15 is 0 Å². The average molecular weight is 576 g/mol. The molecular weight excluding hydrogens is 545 g/mol. The number of pyridine rings is 1. The van der Waals surface area contributed by atoms with Crippen molar-refractivity contribution in [3.63, 3.8) is 0 Å². The number of benzene rings is 2. The molecule has 206 valence electrons. The Kier molecular flexibility index (Phi) is 8.33. The van der Waals surface area contributed by atoms with Crippen LogP contribution >= 0.6 is 22.9 Å². The number of hydrogen-bond acceptors (Lipinski definition) is 4. The molecule has 0 N–H and O–H groups in total. The third kappa shape index (κ3) is 5.67. The molecule has 0 bridgehead atoms. The van der Waals surface area contributed by atoms with Crippen molar-refractivity contribution in [2.45, 2.75) is 46.5 Å². The van der Waals surface area contributed by atoms with E-state index in [4.69, 9.17) is 16.6 Å². The molecule has 1 fully saturated rings. The van der Waals surface area contributed by atoms with Gasteiger partial charge in [0.05, 0.1) is 28.2 Å². The Labute approximate surface area is 242 Å². The van der Waals surface area contributed by atoms with Gasteiger partial charge in [-0.25, -0.2) is 9.37 Å². The van der Waals surface area contributed by atoms with E-state index in [9.17, 15) is 14.0 Å². The first-order valence-corrected chi connectivity index (χ1v) is 14.8. The first-order valence-electron chi connectivity index (χ1n) is 13.5. The number of rotatable bonds is 6. The minimum absolute atomic E-state index is 0.133. The summed E-state index contributed by atoms with van der Waals surface area (Å²) < 4.78 is 16.2. The SMILES string of the molecule is CCc1ccc(F)cc1-n1c(C=C(C)C)c(C(=O)N2CCCCC2)cc(-c2nc(-c3ccc(Cl)cc3)cs2)c1=O. The van der Waals surface area contributed by atoms with E-state index in [0.717, 1.165) is 36.0 Å². The summed E-state index contributed by atoms with van der Waals surface area (Å²) in [7, 11) is 0. The number of halogens is 2. The van der Waals surface area contributed by atoms with Gasteiger partial charge in [0, 0.05) is 29.1 Å². The summed E-state index contributed by atoms with van der Waals surface area (Å²) in [5.74, 6) is -0.582. The van der Waals surface area contributed by atoms with Gasteiger partial charge >= 0.3 is 0 Å². The molecule has 1 aliphatic heterocycles. The van der Waals surface area contributed by atoms with Gasteiger partial charge in [0.15, 0.2) is 0 Å². The van der Waals surface area contributed by atoms with Crippen molar-refractivity contribution < 1.29 is 9.18 Å². The standard InChI is InChI=1S/C32H31ClFN3O2S/c1-4-21-10-13-24(34)17-28(21)37-29(16-20(2)3)25(31(38)36-14-6-5-7-15-36)18-26(32(37)39)30-35-27(19-40-30)22-8-11-23(33)12-9-22/h8-13,16-19H,4-7,14-15H2,1-3H3. The van der Waals surface area contributed by atoms with Gasteiger partial charge in [0.25, 0.3) is 11.5 Å². The van der Waals surface area contributed by atoms with E-state index in [-0.39, 0.29) is 11.5 Å². The van der Waals surface area contributed by atoms with Gasteiger partial charge < -0.3 is 4.90 Å². The lowest BCUT2D eigenvalue weighted by Crippen LogP contribution is -2.37. The van der Waals surface area contributed by atoms with Gasteiger partial charge in [-0.05, 0) is 81.5 Å². The molecule has 5 rings (SSSR count). The number of likely N-dealkylation sites (tertiary alicyclic amines) is 1. The maximum atomic E-state index is 14.7. The van der Waals surface area contributed by atoms with E-state index in [1.807, 2.05) is 49.3 Å². The third-order valence-corrected chi connectivity index (χ3v) is 8.21. The minimum atomic E-state index is -0.448. The van der Waals surface area contributed by atoms with Gasteiger partial charge in [-0.1, -0.05) is 42.3 Å². The molecule has 8 heteroatoms. The highest BCUT2D eigenvalue weighted by atomic mass is 35.5. The molecule has 3 heterocycles. The van der Waals surface area contributed by atoms with Gasteiger partial charge in [-0.2, -0.15) is 0 Å². The Morgan fingerprint density at radius 1 is 1.07 bits per heavy atom. The predicted octanol–water partition coefficient (Wildman–Crippen LogP) is 8.03. The molecule has 1 saturated heterocycles. The van der Waals surface area contributed by atoms with Crippen LogP contribution in [0.1, 0.15) is 61.6 Å². The highest BCUT2D eigenvalue weighted by molar-refractivity contribution is 7.13. The maximum Gasteiger partial charge on any atom is 0.265 e. The van der Waals surface area contributed by atoms with Crippen molar-refractivity contribution in [1.82, 2.24) is 14.5 Å². The monoisotopic (exact) mass is 575 g/mol. The zero-order chi connectivity index (χ0) is 28.4. The van der Waals surface area contributed by atoms with Crippen LogP contribution < -0.4 is 5.56 Å². The average Bonchev–Trinajstić information content (AvgIpc) is 3.43. The molecule has 1 aliphatic rings. The topological polar surface area (TPSA) is 55.2 Å². The van der Waals surface area contributed by atoms with Crippen LogP contribution in [-0.4, -0.2) is 33.4 Å². The van der Waals surface area contributed by atoms with Crippen LogP contribution in [0.25, 0.3) is 33.6 Å². The molecule has 0 aliphatic carbocycles. The van der Waals surface area contributed by atoms with Crippen LogP contribution in [0.4, 0.5) is 4.39 Å². The van der Waals surface area contributed by atoms with Crippen molar-refractivity contribution in [1.29, 1.82) is 0 Å². The summed E-state index contributed by atoms with van der Waals surface area (Å²) in [6.07, 6.45) is 5.40. The molecular formula is C32H31ClFN3O2S. The minimum Gasteiger partial charge on any atom is -0.339 e. The number of aryl methyl sites for hydroxylation is 1. The number of amides is 1. The van der Waals surface area contributed by atoms with E-state index in [2.05, 4.69) is 0 Å². The van der Waals surface area contributed by atoms with Gasteiger partial charge in [0.1, 0.15) is 10.8 Å². The number of piperidine rings is 1. The molecule has 0 spiro atoms. The Balaban J connectivity index is 1.79.